The van der Waals surface area contributed by atoms with E-state index in [4.69, 9.17) is 9.15 Å². The van der Waals surface area contributed by atoms with Crippen molar-refractivity contribution in [3.8, 4) is 5.75 Å². The average molecular weight is 343 g/mol. The summed E-state index contributed by atoms with van der Waals surface area (Å²) in [6, 6.07) is 7.17. The number of carbonyl (C=O) groups is 1. The molecule has 132 valence electrons. The zero-order valence-electron chi connectivity index (χ0n) is 14.2. The third kappa shape index (κ3) is 3.01. The third-order valence-electron chi connectivity index (χ3n) is 5.08. The molecule has 0 aliphatic carbocycles. The van der Waals surface area contributed by atoms with Crippen molar-refractivity contribution in [1.29, 1.82) is 0 Å². The molecule has 0 saturated carbocycles. The maximum Gasteiger partial charge on any atom is 0.349 e. The molecule has 4 heterocycles. The van der Waals surface area contributed by atoms with E-state index in [0.29, 0.717) is 29.3 Å². The second-order valence-corrected chi connectivity index (χ2v) is 6.53. The van der Waals surface area contributed by atoms with Crippen molar-refractivity contribution >= 4 is 16.9 Å². The lowest BCUT2D eigenvalue weighted by molar-refractivity contribution is 0.0138. The maximum atomic E-state index is 12.5. The van der Waals surface area contributed by atoms with E-state index in [2.05, 4.69) is 15.1 Å². The fourth-order valence-electron chi connectivity index (χ4n) is 3.66. The quantitative estimate of drug-likeness (QED) is 0.817. The summed E-state index contributed by atoms with van der Waals surface area (Å²) in [4.78, 5) is 29.5. The number of fused-ring (bicyclic) bond motifs is 4. The number of amides is 1. The van der Waals surface area contributed by atoms with Crippen LogP contribution in [0.15, 0.2) is 33.5 Å². The van der Waals surface area contributed by atoms with Gasteiger partial charge in [0.1, 0.15) is 5.56 Å². The zero-order valence-corrected chi connectivity index (χ0v) is 14.2. The lowest BCUT2D eigenvalue weighted by Crippen LogP contribution is -2.63. The maximum absolute atomic E-state index is 12.5. The summed E-state index contributed by atoms with van der Waals surface area (Å²) in [5.74, 6) is 0.0813. The van der Waals surface area contributed by atoms with Crippen molar-refractivity contribution in [2.45, 2.75) is 6.04 Å². The molecule has 3 saturated heterocycles. The molecule has 3 aliphatic heterocycles. The first kappa shape index (κ1) is 16.1. The van der Waals surface area contributed by atoms with Gasteiger partial charge in [0, 0.05) is 50.7 Å². The predicted octanol–water partition coefficient (Wildman–Crippen LogP) is 0.531. The molecule has 25 heavy (non-hydrogen) atoms. The fraction of sp³-hybridized carbons (Fsp3) is 0.444. The molecule has 1 amide bonds. The summed E-state index contributed by atoms with van der Waals surface area (Å²) in [5, 5.41) is 3.55. The van der Waals surface area contributed by atoms with Crippen molar-refractivity contribution < 1.29 is 13.9 Å². The highest BCUT2D eigenvalue weighted by molar-refractivity contribution is 5.97. The van der Waals surface area contributed by atoms with Crippen molar-refractivity contribution in [2.75, 3.05) is 46.4 Å². The molecule has 1 aromatic heterocycles. The van der Waals surface area contributed by atoms with E-state index in [1.54, 1.807) is 24.3 Å². The van der Waals surface area contributed by atoms with Gasteiger partial charge in [-0.2, -0.15) is 0 Å². The molecule has 1 atom stereocenters. The molecular formula is C18H21N3O4. The Morgan fingerprint density at radius 1 is 1.32 bits per heavy atom. The van der Waals surface area contributed by atoms with Gasteiger partial charge in [-0.25, -0.2) is 4.79 Å². The van der Waals surface area contributed by atoms with Gasteiger partial charge in [0.05, 0.1) is 7.11 Å². The Bertz CT molecular complexity index is 855. The molecule has 5 rings (SSSR count). The molecule has 1 unspecified atom stereocenters. The summed E-state index contributed by atoms with van der Waals surface area (Å²) in [5.41, 5.74) is -0.268. The first-order valence-corrected chi connectivity index (χ1v) is 8.51. The molecule has 7 heteroatoms. The molecule has 3 aliphatic rings. The van der Waals surface area contributed by atoms with Gasteiger partial charge in [-0.3, -0.25) is 14.6 Å². The van der Waals surface area contributed by atoms with Gasteiger partial charge in [-0.05, 0) is 12.1 Å². The van der Waals surface area contributed by atoms with Gasteiger partial charge < -0.3 is 14.5 Å². The molecule has 7 nitrogen and oxygen atoms in total. The number of piperazine rings is 3. The number of para-hydroxylation sites is 1. The SMILES string of the molecule is COc1cccc2cc(C(=O)NCC3CN4CCN3CC4)c(=O)oc12. The molecule has 1 N–H and O–H groups in total. The van der Waals surface area contributed by atoms with Gasteiger partial charge in [-0.1, -0.05) is 12.1 Å². The van der Waals surface area contributed by atoms with E-state index in [0.717, 1.165) is 32.7 Å². The molecule has 3 fully saturated rings. The molecule has 0 spiro atoms. The molecule has 2 bridgehead atoms. The Hall–Kier alpha value is -2.38. The highest BCUT2D eigenvalue weighted by atomic mass is 16.5. The number of carbonyl (C=O) groups excluding carboxylic acids is 1. The van der Waals surface area contributed by atoms with Crippen LogP contribution in [0.1, 0.15) is 10.4 Å². The summed E-state index contributed by atoms with van der Waals surface area (Å²) >= 11 is 0. The Balaban J connectivity index is 1.52. The second-order valence-electron chi connectivity index (χ2n) is 6.53. The van der Waals surface area contributed by atoms with Gasteiger partial charge in [0.25, 0.3) is 5.91 Å². The summed E-state index contributed by atoms with van der Waals surface area (Å²) < 4.78 is 10.5. The Kier molecular flexibility index (Phi) is 4.19. The summed E-state index contributed by atoms with van der Waals surface area (Å²) in [6.07, 6.45) is 0. The highest BCUT2D eigenvalue weighted by Crippen LogP contribution is 2.24. The minimum Gasteiger partial charge on any atom is -0.493 e. The Morgan fingerprint density at radius 3 is 2.80 bits per heavy atom. The minimum atomic E-state index is -0.649. The lowest BCUT2D eigenvalue weighted by Gasteiger charge is -2.47. The summed E-state index contributed by atoms with van der Waals surface area (Å²) in [7, 11) is 1.51. The van der Waals surface area contributed by atoms with E-state index >= 15 is 0 Å². The smallest absolute Gasteiger partial charge is 0.349 e. The van der Waals surface area contributed by atoms with Crippen LogP contribution >= 0.6 is 0 Å². The number of nitrogens with zero attached hydrogens (tertiary/aromatic N) is 2. The topological polar surface area (TPSA) is 75.0 Å². The van der Waals surface area contributed by atoms with E-state index < -0.39 is 11.5 Å². The molecule has 1 aromatic carbocycles. The normalized spacial score (nSPS) is 25.1. The van der Waals surface area contributed by atoms with Gasteiger partial charge in [-0.15, -0.1) is 0 Å². The van der Waals surface area contributed by atoms with E-state index in [1.807, 2.05) is 0 Å². The fourth-order valence-corrected chi connectivity index (χ4v) is 3.66. The number of hydrogen-bond donors (Lipinski definition) is 1. The lowest BCUT2D eigenvalue weighted by atomic mass is 10.1. The van der Waals surface area contributed by atoms with Crippen molar-refractivity contribution in [1.82, 2.24) is 15.1 Å². The number of hydrogen-bond acceptors (Lipinski definition) is 6. The predicted molar refractivity (Wildman–Crippen MR) is 93.2 cm³/mol. The highest BCUT2D eigenvalue weighted by Gasteiger charge is 2.32. The standard InChI is InChI=1S/C18H21N3O4/c1-24-15-4-2-3-12-9-14(18(23)25-16(12)15)17(22)19-10-13-11-20-5-7-21(13)8-6-20/h2-4,9,13H,5-8,10-11H2,1H3,(H,19,22). The first-order chi connectivity index (χ1) is 12.2. The van der Waals surface area contributed by atoms with Crippen LogP contribution in [0.2, 0.25) is 0 Å². The Morgan fingerprint density at radius 2 is 2.12 bits per heavy atom. The number of methoxy groups -OCH3 is 1. The number of rotatable bonds is 4. The van der Waals surface area contributed by atoms with Crippen molar-refractivity contribution in [3.05, 3.63) is 40.2 Å². The van der Waals surface area contributed by atoms with Crippen LogP contribution in [0.25, 0.3) is 11.0 Å². The average Bonchev–Trinajstić information content (AvgIpc) is 2.66. The van der Waals surface area contributed by atoms with Crippen LogP contribution in [0.3, 0.4) is 0 Å². The van der Waals surface area contributed by atoms with Crippen LogP contribution < -0.4 is 15.7 Å². The Labute approximate surface area is 145 Å². The van der Waals surface area contributed by atoms with E-state index in [9.17, 15) is 9.59 Å². The molecule has 2 aromatic rings. The zero-order chi connectivity index (χ0) is 17.4. The van der Waals surface area contributed by atoms with Gasteiger partial charge in [0.2, 0.25) is 0 Å². The van der Waals surface area contributed by atoms with Crippen LogP contribution in [0.4, 0.5) is 0 Å². The largest absolute Gasteiger partial charge is 0.493 e. The minimum absolute atomic E-state index is 0.0250. The number of nitrogens with one attached hydrogen (secondary N) is 1. The van der Waals surface area contributed by atoms with Crippen molar-refractivity contribution in [2.24, 2.45) is 0 Å². The van der Waals surface area contributed by atoms with E-state index in [1.165, 1.54) is 7.11 Å². The third-order valence-corrected chi connectivity index (χ3v) is 5.08. The van der Waals surface area contributed by atoms with E-state index in [-0.39, 0.29) is 5.56 Å². The molecule has 0 radical (unpaired) electrons. The van der Waals surface area contributed by atoms with Gasteiger partial charge >= 0.3 is 5.63 Å². The number of benzene rings is 1. The summed E-state index contributed by atoms with van der Waals surface area (Å²) in [6.45, 7) is 5.77. The van der Waals surface area contributed by atoms with Crippen LogP contribution in [0, 0.1) is 0 Å². The molecular weight excluding hydrogens is 322 g/mol. The monoisotopic (exact) mass is 343 g/mol. The second kappa shape index (κ2) is 6.50. The van der Waals surface area contributed by atoms with Crippen LogP contribution in [-0.2, 0) is 0 Å². The first-order valence-electron chi connectivity index (χ1n) is 8.51. The van der Waals surface area contributed by atoms with Crippen LogP contribution in [-0.4, -0.2) is 68.1 Å². The van der Waals surface area contributed by atoms with Crippen LogP contribution in [0.5, 0.6) is 5.75 Å². The van der Waals surface area contributed by atoms with Gasteiger partial charge in [0.15, 0.2) is 11.3 Å². The van der Waals surface area contributed by atoms with Crippen molar-refractivity contribution in [3.63, 3.8) is 0 Å². The number of ether oxygens (including phenoxy) is 1.